The molecule has 0 bridgehead atoms. The van der Waals surface area contributed by atoms with E-state index in [0.717, 1.165) is 0 Å². The average molecular weight is 348 g/mol. The molecule has 0 spiro atoms. The summed E-state index contributed by atoms with van der Waals surface area (Å²) in [6.45, 7) is 4.04. The molecule has 1 aliphatic heterocycles. The molecule has 7 nitrogen and oxygen atoms in total. The van der Waals surface area contributed by atoms with Gasteiger partial charge in [0.15, 0.2) is 5.82 Å². The quantitative estimate of drug-likeness (QED) is 0.816. The lowest BCUT2D eigenvalue weighted by molar-refractivity contribution is 0.383. The summed E-state index contributed by atoms with van der Waals surface area (Å²) in [4.78, 5) is 18.7. The number of rotatable bonds is 4. The second-order valence-electron chi connectivity index (χ2n) is 5.55. The molecule has 0 N–H and O–H groups in total. The van der Waals surface area contributed by atoms with E-state index in [-0.39, 0.29) is 5.56 Å². The van der Waals surface area contributed by atoms with Crippen LogP contribution in [0.5, 0.6) is 0 Å². The molecule has 2 aromatic rings. The van der Waals surface area contributed by atoms with Gasteiger partial charge in [0, 0.05) is 45.1 Å². The minimum absolute atomic E-state index is 0.139. The van der Waals surface area contributed by atoms with Crippen molar-refractivity contribution in [3.8, 4) is 0 Å². The van der Waals surface area contributed by atoms with Gasteiger partial charge in [-0.2, -0.15) is 4.31 Å². The van der Waals surface area contributed by atoms with E-state index < -0.39 is 10.0 Å². The third-order valence-electron chi connectivity index (χ3n) is 4.16. The highest BCUT2D eigenvalue weighted by Crippen LogP contribution is 2.18. The molecule has 1 aliphatic rings. The van der Waals surface area contributed by atoms with Gasteiger partial charge < -0.3 is 9.47 Å². The molecule has 8 heteroatoms. The largest absolute Gasteiger partial charge is 0.349 e. The number of benzene rings is 1. The van der Waals surface area contributed by atoms with E-state index in [4.69, 9.17) is 0 Å². The maximum absolute atomic E-state index is 12.6. The molecule has 0 atom stereocenters. The zero-order chi connectivity index (χ0) is 17.2. The van der Waals surface area contributed by atoms with Crippen LogP contribution in [0.15, 0.2) is 52.4 Å². The Labute approximate surface area is 141 Å². The lowest BCUT2D eigenvalue weighted by Gasteiger charge is -2.34. The lowest BCUT2D eigenvalue weighted by atomic mass is 10.3. The van der Waals surface area contributed by atoms with E-state index in [9.17, 15) is 13.2 Å². The summed E-state index contributed by atoms with van der Waals surface area (Å²) in [6, 6.07) is 8.41. The maximum atomic E-state index is 12.6. The van der Waals surface area contributed by atoms with Crippen LogP contribution in [0, 0.1) is 0 Å². The molecule has 1 aromatic carbocycles. The van der Waals surface area contributed by atoms with Crippen molar-refractivity contribution in [2.75, 3.05) is 31.1 Å². The van der Waals surface area contributed by atoms with Crippen LogP contribution in [0.25, 0.3) is 0 Å². The van der Waals surface area contributed by atoms with Gasteiger partial charge in [0.1, 0.15) is 0 Å². The minimum atomic E-state index is -3.49. The minimum Gasteiger partial charge on any atom is -0.349 e. The SMILES string of the molecule is CCn1ccnc(N2CCN(S(=O)(=O)c3ccccc3)CC2)c1=O. The van der Waals surface area contributed by atoms with Crippen LogP contribution in [0.2, 0.25) is 0 Å². The fourth-order valence-electron chi connectivity index (χ4n) is 2.78. The average Bonchev–Trinajstić information content (AvgIpc) is 2.63. The second kappa shape index (κ2) is 6.74. The van der Waals surface area contributed by atoms with Crippen molar-refractivity contribution in [1.82, 2.24) is 13.9 Å². The molecule has 0 radical (unpaired) electrons. The van der Waals surface area contributed by atoms with Crippen LogP contribution < -0.4 is 10.5 Å². The smallest absolute Gasteiger partial charge is 0.293 e. The van der Waals surface area contributed by atoms with Crippen molar-refractivity contribution < 1.29 is 8.42 Å². The first-order valence-corrected chi connectivity index (χ1v) is 9.33. The molecule has 1 saturated heterocycles. The number of hydrogen-bond donors (Lipinski definition) is 0. The number of nitrogens with zero attached hydrogens (tertiary/aromatic N) is 4. The number of aryl methyl sites for hydroxylation is 1. The van der Waals surface area contributed by atoms with Crippen LogP contribution in [0.3, 0.4) is 0 Å². The number of hydrogen-bond acceptors (Lipinski definition) is 5. The van der Waals surface area contributed by atoms with E-state index in [1.54, 1.807) is 47.3 Å². The van der Waals surface area contributed by atoms with Crippen LogP contribution in [0.1, 0.15) is 6.92 Å². The topological polar surface area (TPSA) is 75.5 Å². The standard InChI is InChI=1S/C16H20N4O3S/c1-2-18-9-8-17-15(16(18)21)19-10-12-20(13-11-19)24(22,23)14-6-4-3-5-7-14/h3-9H,2,10-13H2,1H3. The Kier molecular flexibility index (Phi) is 4.68. The summed E-state index contributed by atoms with van der Waals surface area (Å²) in [5.74, 6) is 0.385. The van der Waals surface area contributed by atoms with Gasteiger partial charge >= 0.3 is 0 Å². The first kappa shape index (κ1) is 16.7. The monoisotopic (exact) mass is 348 g/mol. The van der Waals surface area contributed by atoms with Gasteiger partial charge in [-0.05, 0) is 19.1 Å². The summed E-state index contributed by atoms with van der Waals surface area (Å²) < 4.78 is 28.3. The fraction of sp³-hybridized carbons (Fsp3) is 0.375. The normalized spacial score (nSPS) is 16.3. The Bertz CT molecular complexity index is 856. The first-order valence-electron chi connectivity index (χ1n) is 7.89. The van der Waals surface area contributed by atoms with Crippen LogP contribution in [-0.2, 0) is 16.6 Å². The third kappa shape index (κ3) is 3.07. The Morgan fingerprint density at radius 2 is 1.75 bits per heavy atom. The van der Waals surface area contributed by atoms with Gasteiger partial charge in [0.25, 0.3) is 5.56 Å². The molecule has 0 aliphatic carbocycles. The molecule has 0 amide bonds. The lowest BCUT2D eigenvalue weighted by Crippen LogP contribution is -2.50. The second-order valence-corrected chi connectivity index (χ2v) is 7.48. The predicted octanol–water partition coefficient (Wildman–Crippen LogP) is 0.774. The number of sulfonamides is 1. The Hall–Kier alpha value is -2.19. The summed E-state index contributed by atoms with van der Waals surface area (Å²) in [7, 11) is -3.49. The van der Waals surface area contributed by atoms with Crippen molar-refractivity contribution in [2.45, 2.75) is 18.4 Å². The van der Waals surface area contributed by atoms with Crippen molar-refractivity contribution in [2.24, 2.45) is 0 Å². The Morgan fingerprint density at radius 3 is 2.38 bits per heavy atom. The van der Waals surface area contributed by atoms with Crippen molar-refractivity contribution in [3.05, 3.63) is 53.1 Å². The molecule has 2 heterocycles. The highest BCUT2D eigenvalue weighted by atomic mass is 32.2. The molecular formula is C16H20N4O3S. The summed E-state index contributed by atoms with van der Waals surface area (Å²) in [5, 5.41) is 0. The third-order valence-corrected chi connectivity index (χ3v) is 6.07. The van der Waals surface area contributed by atoms with Crippen molar-refractivity contribution in [3.63, 3.8) is 0 Å². The van der Waals surface area contributed by atoms with Crippen LogP contribution in [-0.4, -0.2) is 48.5 Å². The zero-order valence-electron chi connectivity index (χ0n) is 13.5. The number of piperazine rings is 1. The van der Waals surface area contributed by atoms with Crippen LogP contribution in [0.4, 0.5) is 5.82 Å². The molecule has 0 unspecified atom stereocenters. The van der Waals surface area contributed by atoms with Gasteiger partial charge in [0.05, 0.1) is 4.90 Å². The van der Waals surface area contributed by atoms with E-state index in [1.807, 2.05) is 11.8 Å². The first-order chi connectivity index (χ1) is 11.5. The summed E-state index contributed by atoms with van der Waals surface area (Å²) >= 11 is 0. The van der Waals surface area contributed by atoms with Gasteiger partial charge in [-0.25, -0.2) is 13.4 Å². The molecule has 24 heavy (non-hydrogen) atoms. The summed E-state index contributed by atoms with van der Waals surface area (Å²) in [6.07, 6.45) is 3.26. The maximum Gasteiger partial charge on any atom is 0.293 e. The predicted molar refractivity (Wildman–Crippen MR) is 91.6 cm³/mol. The fourth-order valence-corrected chi connectivity index (χ4v) is 4.23. The highest BCUT2D eigenvalue weighted by Gasteiger charge is 2.29. The van der Waals surface area contributed by atoms with Gasteiger partial charge in [-0.1, -0.05) is 18.2 Å². The molecule has 1 fully saturated rings. The van der Waals surface area contributed by atoms with E-state index in [0.29, 0.717) is 43.4 Å². The van der Waals surface area contributed by atoms with Crippen molar-refractivity contribution in [1.29, 1.82) is 0 Å². The molecule has 1 aromatic heterocycles. The van der Waals surface area contributed by atoms with Gasteiger partial charge in [-0.3, -0.25) is 4.79 Å². The zero-order valence-corrected chi connectivity index (χ0v) is 14.3. The summed E-state index contributed by atoms with van der Waals surface area (Å²) in [5.41, 5.74) is -0.139. The van der Waals surface area contributed by atoms with Crippen LogP contribution >= 0.6 is 0 Å². The Morgan fingerprint density at radius 1 is 1.08 bits per heavy atom. The van der Waals surface area contributed by atoms with Gasteiger partial charge in [-0.15, -0.1) is 0 Å². The number of aromatic nitrogens is 2. The van der Waals surface area contributed by atoms with E-state index >= 15 is 0 Å². The van der Waals surface area contributed by atoms with E-state index in [1.165, 1.54) is 4.31 Å². The molecule has 3 rings (SSSR count). The number of anilines is 1. The van der Waals surface area contributed by atoms with E-state index in [2.05, 4.69) is 4.98 Å². The van der Waals surface area contributed by atoms with Crippen molar-refractivity contribution >= 4 is 15.8 Å². The van der Waals surface area contributed by atoms with Gasteiger partial charge in [0.2, 0.25) is 10.0 Å². The Balaban J connectivity index is 1.76. The highest BCUT2D eigenvalue weighted by molar-refractivity contribution is 7.89. The molecule has 0 saturated carbocycles. The molecular weight excluding hydrogens is 328 g/mol. The molecule has 128 valence electrons.